The summed E-state index contributed by atoms with van der Waals surface area (Å²) in [5.41, 5.74) is 2.88. The van der Waals surface area contributed by atoms with Crippen LogP contribution in [0.1, 0.15) is 11.1 Å². The van der Waals surface area contributed by atoms with Gasteiger partial charge in [-0.1, -0.05) is 42.5 Å². The van der Waals surface area contributed by atoms with Gasteiger partial charge in [0, 0.05) is 11.1 Å². The van der Waals surface area contributed by atoms with Gasteiger partial charge in [0.25, 0.3) is 0 Å². The molecule has 3 aromatic carbocycles. The molecule has 0 radical (unpaired) electrons. The summed E-state index contributed by atoms with van der Waals surface area (Å²) in [7, 11) is 1.72. The Bertz CT molecular complexity index is 846. The van der Waals surface area contributed by atoms with E-state index in [1.807, 2.05) is 0 Å². The van der Waals surface area contributed by atoms with Gasteiger partial charge in [-0.15, -0.1) is 0 Å². The molecule has 0 spiro atoms. The molecule has 134 valence electrons. The van der Waals surface area contributed by atoms with Crippen molar-refractivity contribution in [2.75, 3.05) is 33.3 Å². The van der Waals surface area contributed by atoms with Crippen molar-refractivity contribution in [3.05, 3.63) is 77.9 Å². The molecule has 26 heavy (non-hydrogen) atoms. The molecule has 3 aromatic rings. The summed E-state index contributed by atoms with van der Waals surface area (Å²) in [6.07, 6.45) is 0. The van der Waals surface area contributed by atoms with E-state index in [1.54, 1.807) is 16.9 Å². The van der Waals surface area contributed by atoms with E-state index in [0.29, 0.717) is 0 Å². The summed E-state index contributed by atoms with van der Waals surface area (Å²) >= 11 is 0. The first kappa shape index (κ1) is 17.1. The molecule has 3 nitrogen and oxygen atoms in total. The van der Waals surface area contributed by atoms with Crippen LogP contribution in [0.4, 0.5) is 0 Å². The van der Waals surface area contributed by atoms with Crippen molar-refractivity contribution in [2.45, 2.75) is 13.1 Å². The van der Waals surface area contributed by atoms with Crippen molar-refractivity contribution in [1.29, 1.82) is 0 Å². The van der Waals surface area contributed by atoms with Crippen molar-refractivity contribution in [1.82, 2.24) is 0 Å². The number of piperazine rings is 1. The van der Waals surface area contributed by atoms with Crippen LogP contribution >= 0.6 is 0 Å². The summed E-state index contributed by atoms with van der Waals surface area (Å²) in [6.45, 7) is 7.23. The normalized spacial score (nSPS) is 20.2. The van der Waals surface area contributed by atoms with Gasteiger partial charge in [0.2, 0.25) is 0 Å². The molecule has 2 N–H and O–H groups in total. The topological polar surface area (TPSA) is 18.1 Å². The number of rotatable bonds is 5. The highest BCUT2D eigenvalue weighted by molar-refractivity contribution is 5.85. The maximum atomic E-state index is 5.25. The summed E-state index contributed by atoms with van der Waals surface area (Å²) in [5.74, 6) is 0.938. The van der Waals surface area contributed by atoms with Crippen LogP contribution in [-0.2, 0) is 13.1 Å². The van der Waals surface area contributed by atoms with Gasteiger partial charge in [0.1, 0.15) is 45.0 Å². The lowest BCUT2D eigenvalue weighted by Gasteiger charge is -2.30. The number of hydrogen-bond donors (Lipinski definition) is 2. The smallest absolute Gasteiger partial charge is 0.127 e. The monoisotopic (exact) mass is 348 g/mol. The molecule has 4 rings (SSSR count). The minimum Gasteiger partial charge on any atom is -0.497 e. The quantitative estimate of drug-likeness (QED) is 0.712. The average Bonchev–Trinajstić information content (AvgIpc) is 2.70. The average molecular weight is 348 g/mol. The number of hydrogen-bond acceptors (Lipinski definition) is 1. The Morgan fingerprint density at radius 3 is 2.12 bits per heavy atom. The first-order valence-corrected chi connectivity index (χ1v) is 9.58. The molecule has 0 amide bonds. The lowest BCUT2D eigenvalue weighted by molar-refractivity contribution is -1.02. The fourth-order valence-corrected chi connectivity index (χ4v) is 4.06. The van der Waals surface area contributed by atoms with Crippen LogP contribution < -0.4 is 14.5 Å². The van der Waals surface area contributed by atoms with Gasteiger partial charge >= 0.3 is 0 Å². The van der Waals surface area contributed by atoms with Gasteiger partial charge in [-0.25, -0.2) is 0 Å². The molecule has 0 aromatic heterocycles. The minimum atomic E-state index is 0.938. The molecule has 0 saturated carbocycles. The van der Waals surface area contributed by atoms with Gasteiger partial charge in [-0.05, 0) is 35.0 Å². The largest absolute Gasteiger partial charge is 0.497 e. The Morgan fingerprint density at radius 1 is 0.731 bits per heavy atom. The van der Waals surface area contributed by atoms with E-state index in [9.17, 15) is 0 Å². The predicted octanol–water partition coefficient (Wildman–Crippen LogP) is 1.33. The third-order valence-corrected chi connectivity index (χ3v) is 5.60. The lowest BCUT2D eigenvalue weighted by atomic mass is 10.0. The Morgan fingerprint density at radius 2 is 1.38 bits per heavy atom. The van der Waals surface area contributed by atoms with E-state index in [-0.39, 0.29) is 0 Å². The van der Waals surface area contributed by atoms with Crippen molar-refractivity contribution in [2.24, 2.45) is 0 Å². The second kappa shape index (κ2) is 7.90. The summed E-state index contributed by atoms with van der Waals surface area (Å²) in [5, 5.41) is 2.77. The number of quaternary nitrogens is 2. The first-order chi connectivity index (χ1) is 12.8. The summed E-state index contributed by atoms with van der Waals surface area (Å²) < 4.78 is 5.25. The van der Waals surface area contributed by atoms with E-state index >= 15 is 0 Å². The fraction of sp³-hybridized carbons (Fsp3) is 0.304. The molecule has 3 heteroatoms. The number of ether oxygens (including phenoxy) is 1. The molecule has 1 saturated heterocycles. The Hall–Kier alpha value is -2.36. The zero-order chi connectivity index (χ0) is 17.8. The predicted molar refractivity (Wildman–Crippen MR) is 106 cm³/mol. The molecule has 1 heterocycles. The van der Waals surface area contributed by atoms with E-state index in [0.717, 1.165) is 18.8 Å². The highest BCUT2D eigenvalue weighted by atomic mass is 16.5. The van der Waals surface area contributed by atoms with E-state index in [2.05, 4.69) is 66.7 Å². The molecule has 0 atom stereocenters. The standard InChI is InChI=1S/C23H26N2O/c1-26-22-11-9-19(10-12-22)17-24-13-15-25(16-14-24)18-21-7-4-6-20-5-2-3-8-23(20)21/h2-12H,13-18H2,1H3/p+2. The maximum Gasteiger partial charge on any atom is 0.127 e. The molecule has 0 unspecified atom stereocenters. The number of fused-ring (bicyclic) bond motifs is 1. The van der Waals surface area contributed by atoms with Crippen molar-refractivity contribution in [3.63, 3.8) is 0 Å². The highest BCUT2D eigenvalue weighted by Gasteiger charge is 2.23. The van der Waals surface area contributed by atoms with Crippen molar-refractivity contribution in [3.8, 4) is 5.75 Å². The third-order valence-electron chi connectivity index (χ3n) is 5.60. The number of methoxy groups -OCH3 is 1. The molecular formula is C23H28N2O+2. The first-order valence-electron chi connectivity index (χ1n) is 9.58. The summed E-state index contributed by atoms with van der Waals surface area (Å²) in [4.78, 5) is 3.40. The number of nitrogens with one attached hydrogen (secondary N) is 2. The SMILES string of the molecule is COc1ccc(C[NH+]2CC[NH+](Cc3cccc4ccccc34)CC2)cc1. The van der Waals surface area contributed by atoms with E-state index in [4.69, 9.17) is 4.74 Å². The van der Waals surface area contributed by atoms with Crippen molar-refractivity contribution >= 4 is 10.8 Å². The molecular weight excluding hydrogens is 320 g/mol. The van der Waals surface area contributed by atoms with Crippen LogP contribution in [-0.4, -0.2) is 33.3 Å². The molecule has 1 aliphatic heterocycles. The third kappa shape index (κ3) is 3.90. The van der Waals surface area contributed by atoms with Crippen molar-refractivity contribution < 1.29 is 14.5 Å². The molecule has 1 fully saturated rings. The van der Waals surface area contributed by atoms with Gasteiger partial charge in [0.15, 0.2) is 0 Å². The van der Waals surface area contributed by atoms with Crippen LogP contribution in [0.15, 0.2) is 66.7 Å². The van der Waals surface area contributed by atoms with Crippen LogP contribution in [0.25, 0.3) is 10.8 Å². The second-order valence-electron chi connectivity index (χ2n) is 7.34. The van der Waals surface area contributed by atoms with Crippen LogP contribution in [0.2, 0.25) is 0 Å². The second-order valence-corrected chi connectivity index (χ2v) is 7.34. The Labute approximate surface area is 155 Å². The highest BCUT2D eigenvalue weighted by Crippen LogP contribution is 2.17. The fourth-order valence-electron chi connectivity index (χ4n) is 4.06. The minimum absolute atomic E-state index is 0.938. The van der Waals surface area contributed by atoms with Crippen LogP contribution in [0, 0.1) is 0 Å². The van der Waals surface area contributed by atoms with E-state index in [1.165, 1.54) is 48.1 Å². The van der Waals surface area contributed by atoms with Gasteiger partial charge in [-0.3, -0.25) is 0 Å². The number of benzene rings is 3. The van der Waals surface area contributed by atoms with Crippen LogP contribution in [0.3, 0.4) is 0 Å². The molecule has 0 bridgehead atoms. The lowest BCUT2D eigenvalue weighted by Crippen LogP contribution is -3.27. The zero-order valence-electron chi connectivity index (χ0n) is 15.5. The Balaban J connectivity index is 1.34. The molecule has 0 aliphatic carbocycles. The van der Waals surface area contributed by atoms with Crippen LogP contribution in [0.5, 0.6) is 5.75 Å². The van der Waals surface area contributed by atoms with E-state index < -0.39 is 0 Å². The molecule has 1 aliphatic rings. The zero-order valence-corrected chi connectivity index (χ0v) is 15.5. The summed E-state index contributed by atoms with van der Waals surface area (Å²) in [6, 6.07) is 24.0. The van der Waals surface area contributed by atoms with Gasteiger partial charge < -0.3 is 14.5 Å². The maximum absolute atomic E-state index is 5.25. The Kier molecular flexibility index (Phi) is 5.19. The van der Waals surface area contributed by atoms with Gasteiger partial charge in [0.05, 0.1) is 7.11 Å². The van der Waals surface area contributed by atoms with Gasteiger partial charge in [-0.2, -0.15) is 0 Å².